The van der Waals surface area contributed by atoms with Crippen LogP contribution in [0, 0.1) is 0 Å². The normalized spacial score (nSPS) is 13.4. The molecule has 2 amide bonds. The molecule has 0 radical (unpaired) electrons. The van der Waals surface area contributed by atoms with Gasteiger partial charge >= 0.3 is 0 Å². The molecule has 0 aliphatic carbocycles. The molecule has 2 aromatic carbocycles. The lowest BCUT2D eigenvalue weighted by Crippen LogP contribution is -2.27. The van der Waals surface area contributed by atoms with Crippen molar-refractivity contribution in [3.05, 3.63) is 53.6 Å². The van der Waals surface area contributed by atoms with Crippen molar-refractivity contribution < 1.29 is 19.1 Å². The van der Waals surface area contributed by atoms with Gasteiger partial charge in [0.15, 0.2) is 11.5 Å². The van der Waals surface area contributed by atoms with Crippen LogP contribution in [0.1, 0.15) is 33.6 Å². The maximum atomic E-state index is 12.7. The minimum Gasteiger partial charge on any atom is -0.493 e. The predicted octanol–water partition coefficient (Wildman–Crippen LogP) is 3.19. The average molecular weight is 354 g/mol. The van der Waals surface area contributed by atoms with Crippen molar-refractivity contribution in [3.8, 4) is 11.5 Å². The van der Waals surface area contributed by atoms with Crippen molar-refractivity contribution in [2.75, 3.05) is 32.6 Å². The van der Waals surface area contributed by atoms with E-state index in [2.05, 4.69) is 5.32 Å². The van der Waals surface area contributed by atoms with Crippen molar-refractivity contribution in [3.63, 3.8) is 0 Å². The maximum Gasteiger partial charge on any atom is 0.259 e. The Balaban J connectivity index is 1.80. The van der Waals surface area contributed by atoms with E-state index in [9.17, 15) is 9.59 Å². The van der Waals surface area contributed by atoms with Gasteiger partial charge in [0.1, 0.15) is 0 Å². The van der Waals surface area contributed by atoms with E-state index in [1.165, 1.54) is 14.2 Å². The van der Waals surface area contributed by atoms with Gasteiger partial charge in [-0.2, -0.15) is 0 Å². The molecule has 2 aromatic rings. The first-order chi connectivity index (χ1) is 12.6. The predicted molar refractivity (Wildman–Crippen MR) is 99.1 cm³/mol. The number of para-hydroxylation sites is 1. The fraction of sp³-hybridized carbons (Fsp3) is 0.300. The van der Waals surface area contributed by atoms with Crippen LogP contribution in [-0.4, -0.2) is 44.0 Å². The van der Waals surface area contributed by atoms with Crippen molar-refractivity contribution in [1.29, 1.82) is 0 Å². The number of carbonyl (C=O) groups excluding carboxylic acids is 2. The number of anilines is 1. The highest BCUT2D eigenvalue weighted by molar-refractivity contribution is 6.07. The van der Waals surface area contributed by atoms with Crippen LogP contribution in [0.15, 0.2) is 42.5 Å². The number of benzene rings is 2. The molecule has 1 aliphatic rings. The summed E-state index contributed by atoms with van der Waals surface area (Å²) in [5.74, 6) is 0.527. The zero-order chi connectivity index (χ0) is 18.5. The Hall–Kier alpha value is -3.02. The molecule has 1 fully saturated rings. The number of rotatable bonds is 5. The Morgan fingerprint density at radius 1 is 1.00 bits per heavy atom. The van der Waals surface area contributed by atoms with Crippen LogP contribution in [0.4, 0.5) is 5.69 Å². The van der Waals surface area contributed by atoms with Crippen LogP contribution in [-0.2, 0) is 0 Å². The standard InChI is InChI=1S/C20H22N2O4/c1-25-17-10-6-9-16(18(17)26-2)19(23)21-15-8-5-7-14(13-15)20(24)22-11-3-4-12-22/h5-10,13H,3-4,11-12H2,1-2H3,(H,21,23). The summed E-state index contributed by atoms with van der Waals surface area (Å²) in [6, 6.07) is 12.1. The highest BCUT2D eigenvalue weighted by atomic mass is 16.5. The summed E-state index contributed by atoms with van der Waals surface area (Å²) in [6.07, 6.45) is 2.08. The van der Waals surface area contributed by atoms with Crippen LogP contribution < -0.4 is 14.8 Å². The van der Waals surface area contributed by atoms with Gasteiger partial charge in [-0.05, 0) is 43.2 Å². The Bertz CT molecular complexity index is 813. The van der Waals surface area contributed by atoms with Gasteiger partial charge in [-0.1, -0.05) is 12.1 Å². The molecular formula is C20H22N2O4. The SMILES string of the molecule is COc1cccc(C(=O)Nc2cccc(C(=O)N3CCCC3)c2)c1OC. The van der Waals surface area contributed by atoms with Crippen LogP contribution in [0.3, 0.4) is 0 Å². The van der Waals surface area contributed by atoms with Gasteiger partial charge in [0.25, 0.3) is 11.8 Å². The lowest BCUT2D eigenvalue weighted by molar-refractivity contribution is 0.0792. The summed E-state index contributed by atoms with van der Waals surface area (Å²) >= 11 is 0. The highest BCUT2D eigenvalue weighted by Crippen LogP contribution is 2.31. The summed E-state index contributed by atoms with van der Waals surface area (Å²) in [5.41, 5.74) is 1.50. The first-order valence-electron chi connectivity index (χ1n) is 8.55. The summed E-state index contributed by atoms with van der Waals surface area (Å²) in [5, 5.41) is 2.82. The van der Waals surface area contributed by atoms with E-state index in [1.54, 1.807) is 42.5 Å². The molecule has 3 rings (SSSR count). The molecule has 1 aliphatic heterocycles. The van der Waals surface area contributed by atoms with Gasteiger partial charge in [0.05, 0.1) is 19.8 Å². The van der Waals surface area contributed by atoms with Gasteiger partial charge in [-0.3, -0.25) is 9.59 Å². The third kappa shape index (κ3) is 3.64. The second kappa shape index (κ2) is 7.91. The molecule has 1 N–H and O–H groups in total. The largest absolute Gasteiger partial charge is 0.493 e. The molecule has 0 bridgehead atoms. The molecule has 6 nitrogen and oxygen atoms in total. The fourth-order valence-electron chi connectivity index (χ4n) is 3.10. The van der Waals surface area contributed by atoms with Gasteiger partial charge in [0.2, 0.25) is 0 Å². The number of nitrogens with zero attached hydrogens (tertiary/aromatic N) is 1. The Morgan fingerprint density at radius 2 is 1.73 bits per heavy atom. The Kier molecular flexibility index (Phi) is 5.41. The number of hydrogen-bond donors (Lipinski definition) is 1. The van der Waals surface area contributed by atoms with Crippen molar-refractivity contribution >= 4 is 17.5 Å². The molecule has 0 saturated carbocycles. The zero-order valence-corrected chi connectivity index (χ0v) is 15.0. The van der Waals surface area contributed by atoms with Crippen LogP contribution in [0.2, 0.25) is 0 Å². The first-order valence-corrected chi connectivity index (χ1v) is 8.55. The van der Waals surface area contributed by atoms with Crippen LogP contribution in [0.5, 0.6) is 11.5 Å². The number of amides is 2. The van der Waals surface area contributed by atoms with Crippen molar-refractivity contribution in [1.82, 2.24) is 4.90 Å². The lowest BCUT2D eigenvalue weighted by atomic mass is 10.1. The molecule has 26 heavy (non-hydrogen) atoms. The van der Waals surface area contributed by atoms with Crippen LogP contribution in [0.25, 0.3) is 0 Å². The quantitative estimate of drug-likeness (QED) is 0.895. The number of ether oxygens (including phenoxy) is 2. The third-order valence-electron chi connectivity index (χ3n) is 4.41. The minimum absolute atomic E-state index is 0.00226. The monoisotopic (exact) mass is 354 g/mol. The smallest absolute Gasteiger partial charge is 0.259 e. The molecule has 0 spiro atoms. The van der Waals surface area contributed by atoms with E-state index >= 15 is 0 Å². The highest BCUT2D eigenvalue weighted by Gasteiger charge is 2.20. The second-order valence-electron chi connectivity index (χ2n) is 6.08. The summed E-state index contributed by atoms with van der Waals surface area (Å²) in [4.78, 5) is 27.0. The molecule has 0 aromatic heterocycles. The third-order valence-corrected chi connectivity index (χ3v) is 4.41. The summed E-state index contributed by atoms with van der Waals surface area (Å²) < 4.78 is 10.5. The minimum atomic E-state index is -0.327. The first kappa shape index (κ1) is 17.8. The second-order valence-corrected chi connectivity index (χ2v) is 6.08. The molecule has 0 atom stereocenters. The molecule has 6 heteroatoms. The van der Waals surface area contributed by atoms with E-state index in [0.29, 0.717) is 28.3 Å². The van der Waals surface area contributed by atoms with E-state index in [1.807, 2.05) is 4.90 Å². The van der Waals surface area contributed by atoms with Crippen molar-refractivity contribution in [2.45, 2.75) is 12.8 Å². The van der Waals surface area contributed by atoms with E-state index in [0.717, 1.165) is 25.9 Å². The van der Waals surface area contributed by atoms with Gasteiger partial charge in [-0.25, -0.2) is 0 Å². The number of hydrogen-bond acceptors (Lipinski definition) is 4. The number of likely N-dealkylation sites (tertiary alicyclic amines) is 1. The molecule has 1 saturated heterocycles. The lowest BCUT2D eigenvalue weighted by Gasteiger charge is -2.16. The van der Waals surface area contributed by atoms with Gasteiger partial charge < -0.3 is 19.7 Å². The summed E-state index contributed by atoms with van der Waals surface area (Å²) in [6.45, 7) is 1.58. The van der Waals surface area contributed by atoms with E-state index in [4.69, 9.17) is 9.47 Å². The fourth-order valence-corrected chi connectivity index (χ4v) is 3.10. The Labute approximate surface area is 152 Å². The van der Waals surface area contributed by atoms with Gasteiger partial charge in [0, 0.05) is 24.3 Å². The Morgan fingerprint density at radius 3 is 2.42 bits per heavy atom. The van der Waals surface area contributed by atoms with Crippen molar-refractivity contribution in [2.24, 2.45) is 0 Å². The van der Waals surface area contributed by atoms with Gasteiger partial charge in [-0.15, -0.1) is 0 Å². The summed E-state index contributed by atoms with van der Waals surface area (Å²) in [7, 11) is 3.01. The number of nitrogens with one attached hydrogen (secondary N) is 1. The van der Waals surface area contributed by atoms with E-state index in [-0.39, 0.29) is 11.8 Å². The molecule has 0 unspecified atom stereocenters. The molecular weight excluding hydrogens is 332 g/mol. The topological polar surface area (TPSA) is 67.9 Å². The number of methoxy groups -OCH3 is 2. The maximum absolute atomic E-state index is 12.7. The number of carbonyl (C=O) groups is 2. The molecule has 1 heterocycles. The average Bonchev–Trinajstić information content (AvgIpc) is 3.21. The van der Waals surface area contributed by atoms with Crippen LogP contribution >= 0.6 is 0 Å². The zero-order valence-electron chi connectivity index (χ0n) is 15.0. The van der Waals surface area contributed by atoms with E-state index < -0.39 is 0 Å². The molecule has 136 valence electrons.